The fourth-order valence-corrected chi connectivity index (χ4v) is 2.27. The Labute approximate surface area is 162 Å². The van der Waals surface area contributed by atoms with Crippen molar-refractivity contribution >= 4 is 11.9 Å². The molecule has 0 heterocycles. The molecule has 0 amide bonds. The second-order valence-corrected chi connectivity index (χ2v) is 5.55. The summed E-state index contributed by atoms with van der Waals surface area (Å²) >= 11 is 0. The van der Waals surface area contributed by atoms with Gasteiger partial charge in [0, 0.05) is 0 Å². The molecule has 0 fully saturated rings. The highest BCUT2D eigenvalue weighted by Crippen LogP contribution is 2.21. The van der Waals surface area contributed by atoms with Crippen LogP contribution < -0.4 is 0 Å². The summed E-state index contributed by atoms with van der Waals surface area (Å²) in [5.41, 5.74) is 0.362. The molecule has 0 unspecified atom stereocenters. The lowest BCUT2D eigenvalue weighted by Gasteiger charge is -2.15. The molecule has 0 saturated carbocycles. The molecule has 1 rings (SSSR count). The highest BCUT2D eigenvalue weighted by Gasteiger charge is 2.19. The maximum atomic E-state index is 11.6. The highest BCUT2D eigenvalue weighted by molar-refractivity contribution is 5.95. The van der Waals surface area contributed by atoms with Crippen LogP contribution in [0.3, 0.4) is 0 Å². The van der Waals surface area contributed by atoms with Gasteiger partial charge in [0.05, 0.1) is 77.2 Å². The van der Waals surface area contributed by atoms with E-state index in [9.17, 15) is 19.8 Å². The van der Waals surface area contributed by atoms with Crippen LogP contribution in [0.2, 0.25) is 0 Å². The predicted octanol–water partition coefficient (Wildman–Crippen LogP) is 0.134. The van der Waals surface area contributed by atoms with E-state index in [-0.39, 0.29) is 77.2 Å². The zero-order valence-electron chi connectivity index (χ0n) is 15.5. The second-order valence-electron chi connectivity index (χ2n) is 5.55. The van der Waals surface area contributed by atoms with Gasteiger partial charge >= 0.3 is 11.9 Å². The van der Waals surface area contributed by atoms with Gasteiger partial charge in [-0.25, -0.2) is 9.59 Å². The third kappa shape index (κ3) is 8.74. The SMILES string of the molecule is O=C(O)c1cc(COCCOCCO)c(COCCOCCO)c(C(=O)O)c1. The predicted molar refractivity (Wildman–Crippen MR) is 95.5 cm³/mol. The highest BCUT2D eigenvalue weighted by atomic mass is 16.5. The van der Waals surface area contributed by atoms with E-state index in [1.807, 2.05) is 0 Å². The van der Waals surface area contributed by atoms with Gasteiger partial charge in [-0.15, -0.1) is 0 Å². The smallest absolute Gasteiger partial charge is 0.336 e. The average molecular weight is 402 g/mol. The number of aliphatic hydroxyl groups excluding tert-OH is 2. The molecule has 10 heteroatoms. The molecule has 0 radical (unpaired) electrons. The normalized spacial score (nSPS) is 10.9. The van der Waals surface area contributed by atoms with Crippen molar-refractivity contribution in [2.75, 3.05) is 52.9 Å². The monoisotopic (exact) mass is 402 g/mol. The van der Waals surface area contributed by atoms with Gasteiger partial charge in [-0.3, -0.25) is 0 Å². The molecular formula is C18H26O10. The van der Waals surface area contributed by atoms with Crippen LogP contribution in [0.25, 0.3) is 0 Å². The Bertz CT molecular complexity index is 617. The number of carboxylic acids is 2. The van der Waals surface area contributed by atoms with Crippen LogP contribution in [0.5, 0.6) is 0 Å². The van der Waals surface area contributed by atoms with E-state index < -0.39 is 11.9 Å². The number of hydrogen-bond acceptors (Lipinski definition) is 8. The van der Waals surface area contributed by atoms with E-state index in [4.69, 9.17) is 29.2 Å². The zero-order valence-corrected chi connectivity index (χ0v) is 15.5. The molecule has 4 N–H and O–H groups in total. The van der Waals surface area contributed by atoms with E-state index in [0.29, 0.717) is 11.1 Å². The van der Waals surface area contributed by atoms with Crippen molar-refractivity contribution < 1.29 is 49.0 Å². The summed E-state index contributed by atoms with van der Waals surface area (Å²) in [6.45, 7) is 0.878. The largest absolute Gasteiger partial charge is 0.478 e. The van der Waals surface area contributed by atoms with Gasteiger partial charge in [0.25, 0.3) is 0 Å². The van der Waals surface area contributed by atoms with E-state index in [0.717, 1.165) is 6.07 Å². The minimum atomic E-state index is -1.27. The summed E-state index contributed by atoms with van der Waals surface area (Å²) in [6.07, 6.45) is 0. The molecule has 0 aliphatic carbocycles. The Morgan fingerprint density at radius 2 is 1.25 bits per heavy atom. The molecule has 1 aromatic rings. The fraction of sp³-hybridized carbons (Fsp3) is 0.556. The van der Waals surface area contributed by atoms with E-state index >= 15 is 0 Å². The Morgan fingerprint density at radius 3 is 1.75 bits per heavy atom. The summed E-state index contributed by atoms with van der Waals surface area (Å²) < 4.78 is 21.0. The van der Waals surface area contributed by atoms with Crippen LogP contribution in [-0.2, 0) is 32.2 Å². The van der Waals surface area contributed by atoms with Gasteiger partial charge in [-0.2, -0.15) is 0 Å². The standard InChI is InChI=1S/C18H26O10/c19-1-3-25-5-7-27-11-14-9-13(17(21)22)10-15(18(23)24)16(14)12-28-8-6-26-4-2-20/h9-10,19-20H,1-8,11-12H2,(H,21,22)(H,23,24). The van der Waals surface area contributed by atoms with E-state index in [2.05, 4.69) is 0 Å². The van der Waals surface area contributed by atoms with Gasteiger partial charge in [0.15, 0.2) is 0 Å². The molecule has 10 nitrogen and oxygen atoms in total. The average Bonchev–Trinajstić information content (AvgIpc) is 2.67. The number of carbonyl (C=O) groups is 2. The van der Waals surface area contributed by atoms with E-state index in [1.54, 1.807) is 0 Å². The van der Waals surface area contributed by atoms with Crippen molar-refractivity contribution in [1.29, 1.82) is 0 Å². The summed E-state index contributed by atoms with van der Waals surface area (Å²) in [7, 11) is 0. The molecule has 158 valence electrons. The summed E-state index contributed by atoms with van der Waals surface area (Å²) in [4.78, 5) is 22.9. The first-order valence-electron chi connectivity index (χ1n) is 8.66. The molecule has 0 atom stereocenters. The fourth-order valence-electron chi connectivity index (χ4n) is 2.27. The third-order valence-electron chi connectivity index (χ3n) is 3.54. The van der Waals surface area contributed by atoms with Crippen molar-refractivity contribution in [3.63, 3.8) is 0 Å². The first-order valence-corrected chi connectivity index (χ1v) is 8.66. The number of benzene rings is 1. The van der Waals surface area contributed by atoms with Crippen LogP contribution in [-0.4, -0.2) is 85.2 Å². The van der Waals surface area contributed by atoms with Gasteiger partial charge in [-0.1, -0.05) is 0 Å². The minimum Gasteiger partial charge on any atom is -0.478 e. The topological polar surface area (TPSA) is 152 Å². The maximum Gasteiger partial charge on any atom is 0.336 e. The Kier molecular flexibility index (Phi) is 12.0. The van der Waals surface area contributed by atoms with Crippen LogP contribution >= 0.6 is 0 Å². The molecule has 0 aromatic heterocycles. The Balaban J connectivity index is 2.84. The quantitative estimate of drug-likeness (QED) is 0.281. The number of hydrogen-bond donors (Lipinski definition) is 4. The molecule has 0 saturated heterocycles. The number of carboxylic acid groups (broad SMARTS) is 2. The minimum absolute atomic E-state index is 0.0242. The van der Waals surface area contributed by atoms with Crippen molar-refractivity contribution in [1.82, 2.24) is 0 Å². The Hall–Kier alpha value is -2.08. The van der Waals surface area contributed by atoms with Crippen molar-refractivity contribution in [3.8, 4) is 0 Å². The summed E-state index contributed by atoms with van der Waals surface area (Å²) in [5.74, 6) is -2.52. The first-order chi connectivity index (χ1) is 13.5. The molecule has 1 aromatic carbocycles. The molecule has 0 spiro atoms. The summed E-state index contributed by atoms with van der Waals surface area (Å²) in [6, 6.07) is 2.43. The van der Waals surface area contributed by atoms with Crippen LogP contribution in [0.15, 0.2) is 12.1 Å². The first kappa shape index (κ1) is 24.0. The Morgan fingerprint density at radius 1 is 0.714 bits per heavy atom. The van der Waals surface area contributed by atoms with Crippen LogP contribution in [0.1, 0.15) is 31.8 Å². The van der Waals surface area contributed by atoms with Crippen molar-refractivity contribution in [2.45, 2.75) is 13.2 Å². The number of ether oxygens (including phenoxy) is 4. The second kappa shape index (κ2) is 14.0. The molecule has 0 bridgehead atoms. The van der Waals surface area contributed by atoms with Crippen molar-refractivity contribution in [3.05, 3.63) is 34.4 Å². The molecular weight excluding hydrogens is 376 g/mol. The lowest BCUT2D eigenvalue weighted by molar-refractivity contribution is 0.0219. The zero-order chi connectivity index (χ0) is 20.8. The number of aliphatic hydroxyl groups is 2. The number of rotatable bonds is 16. The van der Waals surface area contributed by atoms with Gasteiger partial charge < -0.3 is 39.4 Å². The van der Waals surface area contributed by atoms with Crippen LogP contribution in [0.4, 0.5) is 0 Å². The lowest BCUT2D eigenvalue weighted by Crippen LogP contribution is -2.14. The third-order valence-corrected chi connectivity index (χ3v) is 3.54. The lowest BCUT2D eigenvalue weighted by atomic mass is 9.98. The molecule has 0 aliphatic heterocycles. The van der Waals surface area contributed by atoms with Crippen molar-refractivity contribution in [2.24, 2.45) is 0 Å². The summed E-state index contributed by atoms with van der Waals surface area (Å²) in [5, 5.41) is 36.0. The number of aromatic carboxylic acids is 2. The molecule has 28 heavy (non-hydrogen) atoms. The van der Waals surface area contributed by atoms with Gasteiger partial charge in [0.2, 0.25) is 0 Å². The van der Waals surface area contributed by atoms with Crippen LogP contribution in [0, 0.1) is 0 Å². The maximum absolute atomic E-state index is 11.6. The van der Waals surface area contributed by atoms with Gasteiger partial charge in [-0.05, 0) is 23.3 Å². The molecule has 0 aliphatic rings. The van der Waals surface area contributed by atoms with E-state index in [1.165, 1.54) is 6.07 Å². The van der Waals surface area contributed by atoms with Gasteiger partial charge in [0.1, 0.15) is 0 Å².